The predicted octanol–water partition coefficient (Wildman–Crippen LogP) is 6.91. The fourth-order valence-electron chi connectivity index (χ4n) is 7.63. The number of thioether (sulfide) groups is 1. The number of nitrogens with zero attached hydrogens (tertiary/aromatic N) is 1. The first-order valence-corrected chi connectivity index (χ1v) is 14.2. The molecular formula is C30H31F3N2O2S. The quantitative estimate of drug-likeness (QED) is 0.420. The summed E-state index contributed by atoms with van der Waals surface area (Å²) in [5.41, 5.74) is 0.592. The molecule has 4 saturated carbocycles. The number of hydrogen-bond acceptors (Lipinski definition) is 3. The Morgan fingerprint density at radius 2 is 1.66 bits per heavy atom. The zero-order valence-electron chi connectivity index (χ0n) is 21.3. The van der Waals surface area contributed by atoms with Gasteiger partial charge in [-0.15, -0.1) is 0 Å². The number of fused-ring (bicyclic) bond motifs is 1. The van der Waals surface area contributed by atoms with Crippen molar-refractivity contribution < 1.29 is 22.8 Å². The summed E-state index contributed by atoms with van der Waals surface area (Å²) in [6, 6.07) is 12.2. The van der Waals surface area contributed by atoms with E-state index >= 15 is 0 Å². The Hall–Kier alpha value is -2.74. The van der Waals surface area contributed by atoms with Crippen LogP contribution in [0.2, 0.25) is 0 Å². The van der Waals surface area contributed by atoms with E-state index in [1.165, 1.54) is 67.3 Å². The standard InChI is InChI=1S/C30H31F3N2O2S/c1-18(29-14-20-10-21(15-29)12-22(11-20)16-29)34-27(36)17-35-24-4-2-3-5-25(24)38-26(28(35)37)13-19-6-8-23(9-7-19)30(31,32)33/h2-9,13,18,20-22H,10-12,14-17H2,1H3,(H,34,36)/b26-13-. The summed E-state index contributed by atoms with van der Waals surface area (Å²) in [5.74, 6) is 1.84. The average Bonchev–Trinajstić information content (AvgIpc) is 2.85. The SMILES string of the molecule is CC(NC(=O)CN1C(=O)/C(=C/c2ccc(C(F)(F)F)cc2)Sc2ccccc21)C12CC3CC(CC(C3)C1)C2. The van der Waals surface area contributed by atoms with E-state index in [2.05, 4.69) is 12.2 Å². The van der Waals surface area contributed by atoms with Crippen LogP contribution in [0.25, 0.3) is 6.08 Å². The van der Waals surface area contributed by atoms with Gasteiger partial charge in [0.2, 0.25) is 5.91 Å². The minimum atomic E-state index is -4.42. The lowest BCUT2D eigenvalue weighted by Gasteiger charge is -2.59. The van der Waals surface area contributed by atoms with Gasteiger partial charge in [0, 0.05) is 10.9 Å². The summed E-state index contributed by atoms with van der Waals surface area (Å²) < 4.78 is 38.9. The van der Waals surface area contributed by atoms with Crippen LogP contribution in [0.15, 0.2) is 58.3 Å². The van der Waals surface area contributed by atoms with Crippen LogP contribution in [-0.2, 0) is 15.8 Å². The van der Waals surface area contributed by atoms with Crippen LogP contribution in [0, 0.1) is 23.2 Å². The second-order valence-electron chi connectivity index (χ2n) is 11.7. The van der Waals surface area contributed by atoms with Crippen molar-refractivity contribution in [2.24, 2.45) is 23.2 Å². The largest absolute Gasteiger partial charge is 0.416 e. The van der Waals surface area contributed by atoms with Crippen LogP contribution >= 0.6 is 11.8 Å². The Morgan fingerprint density at radius 1 is 1.05 bits per heavy atom. The lowest BCUT2D eigenvalue weighted by atomic mass is 9.48. The van der Waals surface area contributed by atoms with Crippen molar-refractivity contribution in [2.45, 2.75) is 62.6 Å². The summed E-state index contributed by atoms with van der Waals surface area (Å²) in [5, 5.41) is 3.25. The summed E-state index contributed by atoms with van der Waals surface area (Å²) in [4.78, 5) is 29.5. The van der Waals surface area contributed by atoms with Gasteiger partial charge in [-0.2, -0.15) is 13.2 Å². The number of benzene rings is 2. The van der Waals surface area contributed by atoms with E-state index in [0.29, 0.717) is 16.2 Å². The van der Waals surface area contributed by atoms with E-state index in [4.69, 9.17) is 0 Å². The van der Waals surface area contributed by atoms with Gasteiger partial charge in [-0.1, -0.05) is 36.0 Å². The second-order valence-corrected chi connectivity index (χ2v) is 12.7. The first-order valence-electron chi connectivity index (χ1n) is 13.4. The highest BCUT2D eigenvalue weighted by Crippen LogP contribution is 2.61. The molecule has 1 heterocycles. The Labute approximate surface area is 225 Å². The highest BCUT2D eigenvalue weighted by molar-refractivity contribution is 8.04. The Morgan fingerprint density at radius 3 is 2.26 bits per heavy atom. The molecular weight excluding hydrogens is 509 g/mol. The topological polar surface area (TPSA) is 49.4 Å². The Kier molecular flexibility index (Phi) is 6.36. The number of amides is 2. The fraction of sp³-hybridized carbons (Fsp3) is 0.467. The molecule has 8 heteroatoms. The van der Waals surface area contributed by atoms with Gasteiger partial charge >= 0.3 is 6.18 Å². The molecule has 4 aliphatic carbocycles. The summed E-state index contributed by atoms with van der Waals surface area (Å²) in [7, 11) is 0. The number of anilines is 1. The molecule has 1 N–H and O–H groups in total. The zero-order chi connectivity index (χ0) is 26.7. The molecule has 4 bridgehead atoms. The predicted molar refractivity (Wildman–Crippen MR) is 142 cm³/mol. The lowest BCUT2D eigenvalue weighted by molar-refractivity contribution is -0.137. The van der Waals surface area contributed by atoms with Crippen molar-refractivity contribution in [2.75, 3.05) is 11.4 Å². The van der Waals surface area contributed by atoms with Gasteiger partial charge in [-0.05, 0) is 105 Å². The summed E-state index contributed by atoms with van der Waals surface area (Å²) >= 11 is 1.27. The van der Waals surface area contributed by atoms with Crippen molar-refractivity contribution in [3.8, 4) is 0 Å². The molecule has 200 valence electrons. The lowest BCUT2D eigenvalue weighted by Crippen LogP contribution is -2.57. The molecule has 4 nitrogen and oxygen atoms in total. The molecule has 0 radical (unpaired) electrons. The Bertz CT molecular complexity index is 1250. The van der Waals surface area contributed by atoms with Crippen molar-refractivity contribution in [1.82, 2.24) is 5.32 Å². The van der Waals surface area contributed by atoms with E-state index in [1.54, 1.807) is 6.08 Å². The molecule has 5 aliphatic rings. The third kappa shape index (κ3) is 4.76. The van der Waals surface area contributed by atoms with Gasteiger partial charge < -0.3 is 5.32 Å². The van der Waals surface area contributed by atoms with Gasteiger partial charge in [0.1, 0.15) is 6.54 Å². The molecule has 2 aromatic rings. The molecule has 0 aromatic heterocycles. The minimum Gasteiger partial charge on any atom is -0.352 e. The number of carbonyl (C=O) groups excluding carboxylic acids is 2. The van der Waals surface area contributed by atoms with Gasteiger partial charge in [0.05, 0.1) is 16.2 Å². The molecule has 2 amide bonds. The summed E-state index contributed by atoms with van der Waals surface area (Å²) in [6.45, 7) is 2.03. The highest BCUT2D eigenvalue weighted by Gasteiger charge is 2.53. The molecule has 0 spiro atoms. The van der Waals surface area contributed by atoms with Crippen LogP contribution in [0.4, 0.5) is 18.9 Å². The van der Waals surface area contributed by atoms with Crippen LogP contribution < -0.4 is 10.2 Å². The van der Waals surface area contributed by atoms with E-state index in [9.17, 15) is 22.8 Å². The third-order valence-electron chi connectivity index (χ3n) is 9.05. The van der Waals surface area contributed by atoms with Crippen molar-refractivity contribution in [1.29, 1.82) is 0 Å². The molecule has 7 rings (SSSR count). The monoisotopic (exact) mass is 540 g/mol. The smallest absolute Gasteiger partial charge is 0.352 e. The molecule has 4 fully saturated rings. The van der Waals surface area contributed by atoms with Gasteiger partial charge in [0.25, 0.3) is 5.91 Å². The minimum absolute atomic E-state index is 0.0510. The number of halogens is 3. The van der Waals surface area contributed by atoms with Gasteiger partial charge in [-0.3, -0.25) is 14.5 Å². The first-order chi connectivity index (χ1) is 18.1. The maximum absolute atomic E-state index is 13.5. The maximum atomic E-state index is 13.5. The number of nitrogens with one attached hydrogen (secondary N) is 1. The highest BCUT2D eigenvalue weighted by atomic mass is 32.2. The van der Waals surface area contributed by atoms with Gasteiger partial charge in [-0.25, -0.2) is 0 Å². The van der Waals surface area contributed by atoms with Gasteiger partial charge in [0.15, 0.2) is 0 Å². The van der Waals surface area contributed by atoms with Crippen LogP contribution in [0.3, 0.4) is 0 Å². The molecule has 0 saturated heterocycles. The molecule has 2 aromatic carbocycles. The van der Waals surface area contributed by atoms with Crippen LogP contribution in [0.1, 0.15) is 56.6 Å². The van der Waals surface area contributed by atoms with Crippen molar-refractivity contribution in [3.05, 3.63) is 64.6 Å². The summed E-state index contributed by atoms with van der Waals surface area (Å²) in [6.07, 6.45) is 4.73. The molecule has 1 atom stereocenters. The van der Waals surface area contributed by atoms with E-state index < -0.39 is 11.7 Å². The van der Waals surface area contributed by atoms with Crippen LogP contribution in [0.5, 0.6) is 0 Å². The van der Waals surface area contributed by atoms with Crippen molar-refractivity contribution in [3.63, 3.8) is 0 Å². The normalized spacial score (nSPS) is 29.9. The fourth-order valence-corrected chi connectivity index (χ4v) is 8.69. The number of alkyl halides is 3. The average molecular weight is 541 g/mol. The number of hydrogen-bond donors (Lipinski definition) is 1. The van der Waals surface area contributed by atoms with Crippen LogP contribution in [-0.4, -0.2) is 24.4 Å². The number of para-hydroxylation sites is 1. The Balaban J connectivity index is 1.20. The molecule has 1 unspecified atom stereocenters. The number of carbonyl (C=O) groups is 2. The zero-order valence-corrected chi connectivity index (χ0v) is 22.1. The first kappa shape index (κ1) is 25.5. The van der Waals surface area contributed by atoms with E-state index in [-0.39, 0.29) is 29.8 Å². The van der Waals surface area contributed by atoms with E-state index in [1.807, 2.05) is 24.3 Å². The third-order valence-corrected chi connectivity index (χ3v) is 10.1. The number of rotatable bonds is 5. The molecule has 1 aliphatic heterocycles. The maximum Gasteiger partial charge on any atom is 0.416 e. The second kappa shape index (κ2) is 9.47. The van der Waals surface area contributed by atoms with E-state index in [0.717, 1.165) is 34.8 Å². The molecule has 38 heavy (non-hydrogen) atoms. The van der Waals surface area contributed by atoms with Crippen molar-refractivity contribution >= 4 is 35.3 Å².